The molecule has 9 nitrogen and oxygen atoms in total. The number of rotatable bonds is 6. The predicted octanol–water partition coefficient (Wildman–Crippen LogP) is 5.60. The second kappa shape index (κ2) is 9.85. The number of anilines is 2. The second-order valence-electron chi connectivity index (χ2n) is 8.98. The highest BCUT2D eigenvalue weighted by Gasteiger charge is 2.36. The van der Waals surface area contributed by atoms with Gasteiger partial charge in [-0.05, 0) is 59.9 Å². The van der Waals surface area contributed by atoms with Gasteiger partial charge in [0.1, 0.15) is 0 Å². The molecule has 37 heavy (non-hydrogen) atoms. The first-order chi connectivity index (χ1) is 17.9. The van der Waals surface area contributed by atoms with Crippen molar-refractivity contribution in [3.63, 3.8) is 0 Å². The number of nitrogens with zero attached hydrogens (tertiary/aromatic N) is 1. The van der Waals surface area contributed by atoms with Crippen molar-refractivity contribution in [2.24, 2.45) is 0 Å². The van der Waals surface area contributed by atoms with E-state index in [1.54, 1.807) is 33.5 Å². The number of nitro benzene ring substituents is 1. The van der Waals surface area contributed by atoms with Crippen LogP contribution in [0.1, 0.15) is 35.9 Å². The third kappa shape index (κ3) is 4.44. The Hall–Kier alpha value is -4.53. The molecular weight excluding hydrogens is 474 g/mol. The lowest BCUT2D eigenvalue weighted by Crippen LogP contribution is -2.27. The van der Waals surface area contributed by atoms with Crippen molar-refractivity contribution in [3.05, 3.63) is 93.2 Å². The zero-order valence-electron chi connectivity index (χ0n) is 20.7. The van der Waals surface area contributed by atoms with Crippen molar-refractivity contribution >= 4 is 22.8 Å². The fourth-order valence-electron chi connectivity index (χ4n) is 5.10. The lowest BCUT2D eigenvalue weighted by Gasteiger charge is -2.30. The summed E-state index contributed by atoms with van der Waals surface area (Å²) in [4.78, 5) is 24.5. The highest BCUT2D eigenvalue weighted by molar-refractivity contribution is 6.01. The van der Waals surface area contributed by atoms with E-state index in [2.05, 4.69) is 10.6 Å². The van der Waals surface area contributed by atoms with Gasteiger partial charge in [0.2, 0.25) is 5.75 Å². The first kappa shape index (κ1) is 24.2. The van der Waals surface area contributed by atoms with E-state index in [0.29, 0.717) is 35.7 Å². The SMILES string of the molecule is COc1cc(C2CC(=O)C3=C(C2)Nc2ccccc2NC3c2ccc([N+](=O)[O-])cc2)cc(OC)c1OC. The van der Waals surface area contributed by atoms with Crippen LogP contribution in [0.2, 0.25) is 0 Å². The van der Waals surface area contributed by atoms with Crippen LogP contribution in [0.15, 0.2) is 71.9 Å². The number of hydrogen-bond donors (Lipinski definition) is 2. The number of para-hydroxylation sites is 2. The molecule has 0 bridgehead atoms. The Labute approximate surface area is 214 Å². The summed E-state index contributed by atoms with van der Waals surface area (Å²) in [6.07, 6.45) is 0.875. The van der Waals surface area contributed by atoms with Crippen molar-refractivity contribution in [2.45, 2.75) is 24.8 Å². The summed E-state index contributed by atoms with van der Waals surface area (Å²) in [6, 6.07) is 17.4. The average molecular weight is 502 g/mol. The Balaban J connectivity index is 1.58. The molecule has 5 rings (SSSR count). The number of non-ortho nitro benzene ring substituents is 1. The fraction of sp³-hybridized carbons (Fsp3) is 0.250. The number of nitro groups is 1. The molecule has 0 aromatic heterocycles. The summed E-state index contributed by atoms with van der Waals surface area (Å²) in [5, 5.41) is 18.2. The van der Waals surface area contributed by atoms with Gasteiger partial charge in [-0.2, -0.15) is 0 Å². The predicted molar refractivity (Wildman–Crippen MR) is 140 cm³/mol. The summed E-state index contributed by atoms with van der Waals surface area (Å²) in [7, 11) is 4.69. The molecule has 1 heterocycles. The van der Waals surface area contributed by atoms with Crippen LogP contribution in [0.25, 0.3) is 0 Å². The van der Waals surface area contributed by atoms with Gasteiger partial charge in [0, 0.05) is 29.8 Å². The molecule has 0 radical (unpaired) electrons. The van der Waals surface area contributed by atoms with Crippen LogP contribution < -0.4 is 24.8 Å². The van der Waals surface area contributed by atoms with Gasteiger partial charge in [-0.1, -0.05) is 12.1 Å². The molecule has 190 valence electrons. The topological polar surface area (TPSA) is 112 Å². The molecule has 2 atom stereocenters. The lowest BCUT2D eigenvalue weighted by molar-refractivity contribution is -0.384. The number of hydrogen-bond acceptors (Lipinski definition) is 8. The minimum atomic E-state index is -0.458. The maximum Gasteiger partial charge on any atom is 0.269 e. The molecule has 0 fully saturated rings. The fourth-order valence-corrected chi connectivity index (χ4v) is 5.10. The monoisotopic (exact) mass is 501 g/mol. The zero-order valence-corrected chi connectivity index (χ0v) is 20.7. The summed E-state index contributed by atoms with van der Waals surface area (Å²) >= 11 is 0. The normalized spacial score (nSPS) is 18.5. The van der Waals surface area contributed by atoms with Gasteiger partial charge in [0.15, 0.2) is 17.3 Å². The molecule has 2 unspecified atom stereocenters. The van der Waals surface area contributed by atoms with Crippen molar-refractivity contribution in [2.75, 3.05) is 32.0 Å². The van der Waals surface area contributed by atoms with E-state index >= 15 is 0 Å². The number of ether oxygens (including phenoxy) is 3. The van der Waals surface area contributed by atoms with Crippen molar-refractivity contribution in [1.29, 1.82) is 0 Å². The van der Waals surface area contributed by atoms with Crippen LogP contribution in [-0.4, -0.2) is 32.0 Å². The lowest BCUT2D eigenvalue weighted by atomic mass is 9.78. The molecule has 1 aliphatic carbocycles. The van der Waals surface area contributed by atoms with Gasteiger partial charge >= 0.3 is 0 Å². The molecule has 0 amide bonds. The molecule has 3 aromatic carbocycles. The minimum Gasteiger partial charge on any atom is -0.493 e. The number of allylic oxidation sites excluding steroid dienone is 1. The summed E-state index contributed by atoms with van der Waals surface area (Å²) < 4.78 is 16.5. The van der Waals surface area contributed by atoms with E-state index in [9.17, 15) is 14.9 Å². The Bertz CT molecular complexity index is 1370. The van der Waals surface area contributed by atoms with E-state index < -0.39 is 11.0 Å². The molecule has 0 spiro atoms. The molecule has 3 aromatic rings. The van der Waals surface area contributed by atoms with Gasteiger partial charge in [0.05, 0.1) is 43.7 Å². The van der Waals surface area contributed by atoms with E-state index in [0.717, 1.165) is 28.2 Å². The van der Waals surface area contributed by atoms with Gasteiger partial charge < -0.3 is 24.8 Å². The highest BCUT2D eigenvalue weighted by atomic mass is 16.6. The minimum absolute atomic E-state index is 0.00235. The molecule has 0 saturated heterocycles. The zero-order chi connectivity index (χ0) is 26.1. The number of carbonyl (C=O) groups excluding carboxylic acids is 1. The third-order valence-electron chi connectivity index (χ3n) is 6.90. The maximum absolute atomic E-state index is 13.8. The smallest absolute Gasteiger partial charge is 0.269 e. The largest absolute Gasteiger partial charge is 0.493 e. The number of carbonyl (C=O) groups is 1. The Kier molecular flexibility index (Phi) is 6.43. The molecule has 1 aliphatic heterocycles. The van der Waals surface area contributed by atoms with Gasteiger partial charge in [-0.3, -0.25) is 14.9 Å². The van der Waals surface area contributed by atoms with Crippen LogP contribution >= 0.6 is 0 Å². The molecule has 0 saturated carbocycles. The van der Waals surface area contributed by atoms with Crippen molar-refractivity contribution < 1.29 is 23.9 Å². The van der Waals surface area contributed by atoms with Gasteiger partial charge in [-0.25, -0.2) is 0 Å². The van der Waals surface area contributed by atoms with E-state index in [1.165, 1.54) is 12.1 Å². The molecular formula is C28H27N3O6. The van der Waals surface area contributed by atoms with E-state index in [1.807, 2.05) is 36.4 Å². The van der Waals surface area contributed by atoms with E-state index in [4.69, 9.17) is 14.2 Å². The second-order valence-corrected chi connectivity index (χ2v) is 8.98. The Morgan fingerprint density at radius 1 is 0.865 bits per heavy atom. The number of Topliss-reactive ketones (excluding diaryl/α,β-unsaturated/α-hetero) is 1. The number of benzene rings is 3. The number of nitrogens with one attached hydrogen (secondary N) is 2. The van der Waals surface area contributed by atoms with Crippen LogP contribution in [0, 0.1) is 10.1 Å². The van der Waals surface area contributed by atoms with Crippen LogP contribution in [0.4, 0.5) is 17.1 Å². The van der Waals surface area contributed by atoms with Gasteiger partial charge in [0.25, 0.3) is 5.69 Å². The average Bonchev–Trinajstić information content (AvgIpc) is 3.09. The molecule has 9 heteroatoms. The van der Waals surface area contributed by atoms with Crippen LogP contribution in [-0.2, 0) is 4.79 Å². The molecule has 2 N–H and O–H groups in total. The van der Waals surface area contributed by atoms with Crippen molar-refractivity contribution in [3.8, 4) is 17.2 Å². The van der Waals surface area contributed by atoms with Gasteiger partial charge in [-0.15, -0.1) is 0 Å². The standard InChI is InChI=1S/C28H27N3O6/c1-35-24-14-18(15-25(36-2)28(24)37-3)17-12-22-26(23(32)13-17)27(16-8-10-19(11-9-16)31(33)34)30-21-7-5-4-6-20(21)29-22/h4-11,14-15,17,27,29-30H,12-13H2,1-3H3. The summed E-state index contributed by atoms with van der Waals surface area (Å²) in [5.74, 6) is 1.45. The van der Waals surface area contributed by atoms with Crippen molar-refractivity contribution in [1.82, 2.24) is 0 Å². The number of methoxy groups -OCH3 is 3. The number of ketones is 1. The maximum atomic E-state index is 13.8. The van der Waals surface area contributed by atoms with Crippen LogP contribution in [0.3, 0.4) is 0 Å². The highest BCUT2D eigenvalue weighted by Crippen LogP contribution is 2.47. The Morgan fingerprint density at radius 2 is 1.51 bits per heavy atom. The quantitative estimate of drug-likeness (QED) is 0.332. The van der Waals surface area contributed by atoms with Crippen LogP contribution in [0.5, 0.6) is 17.2 Å². The first-order valence-corrected chi connectivity index (χ1v) is 11.9. The summed E-state index contributed by atoms with van der Waals surface area (Å²) in [6.45, 7) is 0. The summed E-state index contributed by atoms with van der Waals surface area (Å²) in [5.41, 5.74) is 4.84. The number of fused-ring (bicyclic) bond motifs is 1. The Morgan fingerprint density at radius 3 is 2.11 bits per heavy atom. The first-order valence-electron chi connectivity index (χ1n) is 11.9. The van der Waals surface area contributed by atoms with E-state index in [-0.39, 0.29) is 17.4 Å². The third-order valence-corrected chi connectivity index (χ3v) is 6.90. The molecule has 2 aliphatic rings.